The molecule has 0 amide bonds. The maximum absolute atomic E-state index is 13.0. The van der Waals surface area contributed by atoms with Gasteiger partial charge < -0.3 is 9.88 Å². The second kappa shape index (κ2) is 6.46. The molecule has 2 aromatic carbocycles. The fraction of sp³-hybridized carbons (Fsp3) is 0.143. The number of aryl methyl sites for hydroxylation is 2. The lowest BCUT2D eigenvalue weighted by Crippen LogP contribution is -2.19. The SMILES string of the molecule is Cc1ccc(CNc2nccc3c2c(=O)n(C)c2cc(Cl)ccc32)cc1. The van der Waals surface area contributed by atoms with Crippen LogP contribution < -0.4 is 10.9 Å². The number of nitrogens with one attached hydrogen (secondary N) is 1. The summed E-state index contributed by atoms with van der Waals surface area (Å²) in [5, 5.41) is 6.38. The maximum Gasteiger partial charge on any atom is 0.262 e. The maximum atomic E-state index is 13.0. The van der Waals surface area contributed by atoms with Crippen molar-refractivity contribution in [2.45, 2.75) is 13.5 Å². The van der Waals surface area contributed by atoms with Gasteiger partial charge in [-0.3, -0.25) is 4.79 Å². The molecule has 26 heavy (non-hydrogen) atoms. The molecule has 0 fully saturated rings. The first-order valence-electron chi connectivity index (χ1n) is 8.41. The number of hydrogen-bond acceptors (Lipinski definition) is 3. The zero-order valence-electron chi connectivity index (χ0n) is 14.6. The molecule has 0 saturated carbocycles. The Morgan fingerprint density at radius 3 is 2.62 bits per heavy atom. The van der Waals surface area contributed by atoms with Gasteiger partial charge in [0.05, 0.1) is 10.9 Å². The Kier molecular flexibility index (Phi) is 4.13. The molecule has 0 atom stereocenters. The third-order valence-corrected chi connectivity index (χ3v) is 4.90. The van der Waals surface area contributed by atoms with Crippen molar-refractivity contribution in [3.8, 4) is 0 Å². The topological polar surface area (TPSA) is 46.9 Å². The normalized spacial score (nSPS) is 11.2. The second-order valence-corrected chi connectivity index (χ2v) is 6.88. The fourth-order valence-electron chi connectivity index (χ4n) is 3.22. The van der Waals surface area contributed by atoms with Crippen LogP contribution in [0.25, 0.3) is 21.7 Å². The highest BCUT2D eigenvalue weighted by molar-refractivity contribution is 6.31. The molecular formula is C21H18ClN3O. The first-order valence-corrected chi connectivity index (χ1v) is 8.79. The standard InChI is InChI=1S/C21H18ClN3O/c1-13-3-5-14(6-4-13)12-24-20-19-17(9-10-23-20)16-8-7-15(22)11-18(16)25(2)21(19)26/h3-11H,12H2,1-2H3,(H,23,24). The number of nitrogens with zero attached hydrogens (tertiary/aromatic N) is 2. The van der Waals surface area contributed by atoms with E-state index in [9.17, 15) is 4.79 Å². The van der Waals surface area contributed by atoms with Gasteiger partial charge >= 0.3 is 0 Å². The number of fused-ring (bicyclic) bond motifs is 3. The van der Waals surface area contributed by atoms with Crippen LogP contribution in [-0.2, 0) is 13.6 Å². The Labute approximate surface area is 156 Å². The van der Waals surface area contributed by atoms with Crippen LogP contribution in [-0.4, -0.2) is 9.55 Å². The van der Waals surface area contributed by atoms with Gasteiger partial charge in [0.2, 0.25) is 0 Å². The largest absolute Gasteiger partial charge is 0.365 e. The quantitative estimate of drug-likeness (QED) is 0.538. The minimum atomic E-state index is -0.0886. The summed E-state index contributed by atoms with van der Waals surface area (Å²) < 4.78 is 1.63. The first kappa shape index (κ1) is 16.6. The van der Waals surface area contributed by atoms with Crippen LogP contribution in [0, 0.1) is 6.92 Å². The van der Waals surface area contributed by atoms with Crippen molar-refractivity contribution in [2.24, 2.45) is 7.05 Å². The van der Waals surface area contributed by atoms with E-state index in [1.807, 2.05) is 24.3 Å². The summed E-state index contributed by atoms with van der Waals surface area (Å²) in [5.74, 6) is 0.598. The highest BCUT2D eigenvalue weighted by atomic mass is 35.5. The van der Waals surface area contributed by atoms with Gasteiger partial charge in [-0.15, -0.1) is 0 Å². The van der Waals surface area contributed by atoms with Gasteiger partial charge in [0.1, 0.15) is 5.82 Å². The Morgan fingerprint density at radius 1 is 1.08 bits per heavy atom. The van der Waals surface area contributed by atoms with E-state index in [-0.39, 0.29) is 5.56 Å². The monoisotopic (exact) mass is 363 g/mol. The zero-order valence-corrected chi connectivity index (χ0v) is 15.3. The van der Waals surface area contributed by atoms with E-state index in [0.717, 1.165) is 21.9 Å². The van der Waals surface area contributed by atoms with Gasteiger partial charge in [-0.25, -0.2) is 4.98 Å². The second-order valence-electron chi connectivity index (χ2n) is 6.45. The van der Waals surface area contributed by atoms with Gasteiger partial charge in [0.15, 0.2) is 0 Å². The molecule has 0 aliphatic rings. The highest BCUT2D eigenvalue weighted by Gasteiger charge is 2.13. The number of pyridine rings is 2. The van der Waals surface area contributed by atoms with E-state index >= 15 is 0 Å². The molecule has 1 N–H and O–H groups in total. The summed E-state index contributed by atoms with van der Waals surface area (Å²) in [4.78, 5) is 17.4. The third-order valence-electron chi connectivity index (χ3n) is 4.66. The summed E-state index contributed by atoms with van der Waals surface area (Å²) >= 11 is 6.11. The van der Waals surface area contributed by atoms with E-state index < -0.39 is 0 Å². The Morgan fingerprint density at radius 2 is 1.85 bits per heavy atom. The number of hydrogen-bond donors (Lipinski definition) is 1. The molecule has 2 heterocycles. The molecule has 5 heteroatoms. The molecule has 0 radical (unpaired) electrons. The van der Waals surface area contributed by atoms with Crippen LogP contribution in [0.1, 0.15) is 11.1 Å². The minimum absolute atomic E-state index is 0.0886. The molecule has 130 valence electrons. The van der Waals surface area contributed by atoms with Crippen LogP contribution in [0.3, 0.4) is 0 Å². The lowest BCUT2D eigenvalue weighted by Gasteiger charge is -2.13. The number of aromatic nitrogens is 2. The summed E-state index contributed by atoms with van der Waals surface area (Å²) in [5.41, 5.74) is 3.08. The fourth-order valence-corrected chi connectivity index (χ4v) is 3.38. The third kappa shape index (κ3) is 2.82. The van der Waals surface area contributed by atoms with E-state index in [4.69, 9.17) is 11.6 Å². The molecule has 0 aliphatic heterocycles. The van der Waals surface area contributed by atoms with Crippen molar-refractivity contribution in [3.63, 3.8) is 0 Å². The van der Waals surface area contributed by atoms with E-state index in [1.54, 1.807) is 17.8 Å². The Balaban J connectivity index is 1.86. The average Bonchev–Trinajstić information content (AvgIpc) is 2.65. The molecule has 0 bridgehead atoms. The summed E-state index contributed by atoms with van der Waals surface area (Å²) in [6, 6.07) is 15.8. The minimum Gasteiger partial charge on any atom is -0.365 e. The van der Waals surface area contributed by atoms with Crippen LogP contribution in [0.2, 0.25) is 5.02 Å². The molecule has 0 spiro atoms. The van der Waals surface area contributed by atoms with E-state index in [2.05, 4.69) is 41.5 Å². The highest BCUT2D eigenvalue weighted by Crippen LogP contribution is 2.28. The summed E-state index contributed by atoms with van der Waals surface area (Å²) in [7, 11) is 1.76. The van der Waals surface area contributed by atoms with E-state index in [1.165, 1.54) is 5.56 Å². The number of benzene rings is 2. The van der Waals surface area contributed by atoms with Crippen LogP contribution in [0.15, 0.2) is 59.5 Å². The zero-order chi connectivity index (χ0) is 18.3. The molecule has 4 nitrogen and oxygen atoms in total. The smallest absolute Gasteiger partial charge is 0.262 e. The van der Waals surface area contributed by atoms with Crippen LogP contribution in [0.5, 0.6) is 0 Å². The molecule has 0 aliphatic carbocycles. The van der Waals surface area contributed by atoms with Crippen molar-refractivity contribution in [1.82, 2.24) is 9.55 Å². The molecule has 4 rings (SSSR count). The van der Waals surface area contributed by atoms with Crippen LogP contribution >= 0.6 is 11.6 Å². The molecule has 0 unspecified atom stereocenters. The lowest BCUT2D eigenvalue weighted by atomic mass is 10.1. The predicted octanol–water partition coefficient (Wildman–Crippen LogP) is 4.66. The van der Waals surface area contributed by atoms with Crippen molar-refractivity contribution < 1.29 is 0 Å². The van der Waals surface area contributed by atoms with Crippen molar-refractivity contribution >= 4 is 39.1 Å². The van der Waals surface area contributed by atoms with Crippen molar-refractivity contribution in [2.75, 3.05) is 5.32 Å². The van der Waals surface area contributed by atoms with Gasteiger partial charge in [-0.1, -0.05) is 47.5 Å². The summed E-state index contributed by atoms with van der Waals surface area (Å²) in [6.07, 6.45) is 1.73. The van der Waals surface area contributed by atoms with Crippen molar-refractivity contribution in [1.29, 1.82) is 0 Å². The van der Waals surface area contributed by atoms with Crippen LogP contribution in [0.4, 0.5) is 5.82 Å². The molecule has 4 aromatic rings. The Hall–Kier alpha value is -2.85. The lowest BCUT2D eigenvalue weighted by molar-refractivity contribution is 0.917. The molecular weight excluding hydrogens is 346 g/mol. The predicted molar refractivity (Wildman–Crippen MR) is 108 cm³/mol. The molecule has 0 saturated heterocycles. The van der Waals surface area contributed by atoms with Gasteiger partial charge in [-0.2, -0.15) is 0 Å². The van der Waals surface area contributed by atoms with Gasteiger partial charge in [-0.05, 0) is 30.7 Å². The first-order chi connectivity index (χ1) is 12.5. The van der Waals surface area contributed by atoms with E-state index in [0.29, 0.717) is 22.8 Å². The van der Waals surface area contributed by atoms with Crippen molar-refractivity contribution in [3.05, 3.63) is 81.2 Å². The number of halogens is 1. The molecule has 2 aromatic heterocycles. The Bertz CT molecular complexity index is 1180. The number of rotatable bonds is 3. The summed E-state index contributed by atoms with van der Waals surface area (Å²) in [6.45, 7) is 2.67. The van der Waals surface area contributed by atoms with Gasteiger partial charge in [0, 0.05) is 35.6 Å². The number of anilines is 1. The average molecular weight is 364 g/mol. The van der Waals surface area contributed by atoms with Gasteiger partial charge in [0.25, 0.3) is 5.56 Å².